The summed E-state index contributed by atoms with van der Waals surface area (Å²) in [5.74, 6) is -4.07. The molecule has 0 aliphatic heterocycles. The predicted molar refractivity (Wildman–Crippen MR) is 53.9 cm³/mol. The van der Waals surface area contributed by atoms with Crippen LogP contribution in [-0.2, 0) is 19.2 Å². The van der Waals surface area contributed by atoms with E-state index in [1.807, 2.05) is 0 Å². The van der Waals surface area contributed by atoms with Gasteiger partial charge in [-0.1, -0.05) is 0 Å². The summed E-state index contributed by atoms with van der Waals surface area (Å²) in [5, 5.41) is 23.9. The van der Waals surface area contributed by atoms with Crippen LogP contribution in [-0.4, -0.2) is 45.2 Å². The standard InChI is InChI=1S/C4H8N2O3.C4H6O4/c5-2(4(8)9)1-3(6)7;5-3(6)1-2-4(7)8/h2H,1,5H2,(H2,6,7)(H,8,9);1-2H2,(H,5,6)(H,7,8)/t2-;/m0./s1. The van der Waals surface area contributed by atoms with Crippen LogP contribution in [0, 0.1) is 0 Å². The van der Waals surface area contributed by atoms with Gasteiger partial charge in [0.05, 0.1) is 19.3 Å². The zero-order valence-electron chi connectivity index (χ0n) is 8.83. The number of hydrogen-bond donors (Lipinski definition) is 5. The highest BCUT2D eigenvalue weighted by molar-refractivity contribution is 5.83. The highest BCUT2D eigenvalue weighted by Gasteiger charge is 2.13. The average molecular weight is 250 g/mol. The van der Waals surface area contributed by atoms with E-state index in [0.29, 0.717) is 0 Å². The minimum absolute atomic E-state index is 0.296. The molecule has 0 heterocycles. The monoisotopic (exact) mass is 250 g/mol. The number of rotatable bonds is 6. The van der Waals surface area contributed by atoms with E-state index in [0.717, 1.165) is 0 Å². The van der Waals surface area contributed by atoms with E-state index in [9.17, 15) is 19.2 Å². The van der Waals surface area contributed by atoms with Crippen molar-refractivity contribution in [2.45, 2.75) is 25.3 Å². The van der Waals surface area contributed by atoms with E-state index >= 15 is 0 Å². The summed E-state index contributed by atoms with van der Waals surface area (Å²) in [4.78, 5) is 39.2. The van der Waals surface area contributed by atoms with E-state index < -0.39 is 29.9 Å². The van der Waals surface area contributed by atoms with Crippen LogP contribution in [0.4, 0.5) is 0 Å². The summed E-state index contributed by atoms with van der Waals surface area (Å²) in [6.07, 6.45) is -0.903. The van der Waals surface area contributed by atoms with Crippen LogP contribution < -0.4 is 11.5 Å². The Kier molecular flexibility index (Phi) is 9.22. The van der Waals surface area contributed by atoms with Crippen molar-refractivity contribution in [3.8, 4) is 0 Å². The van der Waals surface area contributed by atoms with Gasteiger partial charge in [0.1, 0.15) is 6.04 Å². The van der Waals surface area contributed by atoms with Crippen molar-refractivity contribution < 1.29 is 34.5 Å². The van der Waals surface area contributed by atoms with Crippen molar-refractivity contribution in [2.75, 3.05) is 0 Å². The minimum Gasteiger partial charge on any atom is -0.481 e. The fourth-order valence-corrected chi connectivity index (χ4v) is 0.518. The van der Waals surface area contributed by atoms with Crippen molar-refractivity contribution >= 4 is 23.8 Å². The van der Waals surface area contributed by atoms with Crippen LogP contribution in [0.5, 0.6) is 0 Å². The molecule has 0 radical (unpaired) electrons. The molecule has 9 nitrogen and oxygen atoms in total. The first-order valence-corrected chi connectivity index (χ1v) is 4.37. The number of amides is 1. The van der Waals surface area contributed by atoms with Crippen LogP contribution in [0.1, 0.15) is 19.3 Å². The molecule has 0 saturated carbocycles. The molecule has 0 spiro atoms. The zero-order valence-corrected chi connectivity index (χ0v) is 8.83. The first kappa shape index (κ1) is 17.2. The van der Waals surface area contributed by atoms with Gasteiger partial charge in [-0.15, -0.1) is 0 Å². The van der Waals surface area contributed by atoms with Gasteiger partial charge in [-0.3, -0.25) is 19.2 Å². The lowest BCUT2D eigenvalue weighted by Crippen LogP contribution is -2.34. The van der Waals surface area contributed by atoms with Gasteiger partial charge in [0.2, 0.25) is 5.91 Å². The van der Waals surface area contributed by atoms with Crippen LogP contribution in [0.2, 0.25) is 0 Å². The fourth-order valence-electron chi connectivity index (χ4n) is 0.518. The first-order valence-electron chi connectivity index (χ1n) is 4.37. The molecule has 0 unspecified atom stereocenters. The molecule has 7 N–H and O–H groups in total. The Balaban J connectivity index is 0. The number of carbonyl (C=O) groups is 4. The second kappa shape index (κ2) is 9.09. The second-order valence-corrected chi connectivity index (χ2v) is 2.90. The van der Waals surface area contributed by atoms with Gasteiger partial charge in [-0.25, -0.2) is 0 Å². The van der Waals surface area contributed by atoms with Crippen molar-refractivity contribution in [2.24, 2.45) is 11.5 Å². The zero-order chi connectivity index (χ0) is 14.0. The van der Waals surface area contributed by atoms with Crippen LogP contribution in [0.25, 0.3) is 0 Å². The van der Waals surface area contributed by atoms with Gasteiger partial charge in [-0.2, -0.15) is 0 Å². The molecule has 0 aromatic heterocycles. The van der Waals surface area contributed by atoms with Crippen LogP contribution >= 0.6 is 0 Å². The van der Waals surface area contributed by atoms with E-state index in [1.165, 1.54) is 0 Å². The van der Waals surface area contributed by atoms with Crippen molar-refractivity contribution in [3.63, 3.8) is 0 Å². The number of carboxylic acids is 3. The van der Waals surface area contributed by atoms with Crippen molar-refractivity contribution in [1.82, 2.24) is 0 Å². The molecule has 98 valence electrons. The van der Waals surface area contributed by atoms with Crippen LogP contribution in [0.15, 0.2) is 0 Å². The minimum atomic E-state index is -1.21. The molecule has 1 atom stereocenters. The van der Waals surface area contributed by atoms with E-state index in [2.05, 4.69) is 5.73 Å². The Labute approximate surface area is 96.0 Å². The maximum Gasteiger partial charge on any atom is 0.321 e. The van der Waals surface area contributed by atoms with E-state index in [-0.39, 0.29) is 19.3 Å². The lowest BCUT2D eigenvalue weighted by molar-refractivity contribution is -0.143. The molecule has 0 fully saturated rings. The molecule has 0 aliphatic carbocycles. The highest BCUT2D eigenvalue weighted by Crippen LogP contribution is 1.86. The third-order valence-electron chi connectivity index (χ3n) is 1.29. The number of carboxylic acid groups (broad SMARTS) is 3. The molecular weight excluding hydrogens is 236 g/mol. The SMILES string of the molecule is NC(=O)C[C@H](N)C(=O)O.O=C(O)CCC(=O)O. The van der Waals surface area contributed by atoms with Gasteiger partial charge in [0.25, 0.3) is 0 Å². The Morgan fingerprint density at radius 2 is 1.29 bits per heavy atom. The predicted octanol–water partition coefficient (Wildman–Crippen LogP) is -1.79. The molecule has 9 heteroatoms. The Hall–Kier alpha value is -2.16. The Bertz CT molecular complexity index is 288. The van der Waals surface area contributed by atoms with Crippen molar-refractivity contribution in [1.29, 1.82) is 0 Å². The molecule has 1 amide bonds. The highest BCUT2D eigenvalue weighted by atomic mass is 16.4. The normalized spacial score (nSPS) is 10.6. The number of carbonyl (C=O) groups excluding carboxylic acids is 1. The van der Waals surface area contributed by atoms with Gasteiger partial charge in [0, 0.05) is 0 Å². The molecule has 0 bridgehead atoms. The number of hydrogen-bond acceptors (Lipinski definition) is 5. The van der Waals surface area contributed by atoms with Gasteiger partial charge < -0.3 is 26.8 Å². The maximum absolute atomic E-state index is 9.99. The van der Waals surface area contributed by atoms with Gasteiger partial charge in [0.15, 0.2) is 0 Å². The van der Waals surface area contributed by atoms with Crippen LogP contribution in [0.3, 0.4) is 0 Å². The second-order valence-electron chi connectivity index (χ2n) is 2.90. The maximum atomic E-state index is 9.99. The van der Waals surface area contributed by atoms with Crippen molar-refractivity contribution in [3.05, 3.63) is 0 Å². The molecule has 0 rings (SSSR count). The molecule has 0 aromatic rings. The van der Waals surface area contributed by atoms with E-state index in [4.69, 9.17) is 21.1 Å². The molecular formula is C8H14N2O7. The summed E-state index contributed by atoms with van der Waals surface area (Å²) in [6.45, 7) is 0. The quantitative estimate of drug-likeness (QED) is 0.366. The summed E-state index contributed by atoms with van der Waals surface area (Å²) in [7, 11) is 0. The summed E-state index contributed by atoms with van der Waals surface area (Å²) in [6, 6.07) is -1.16. The number of aliphatic carboxylic acids is 3. The topological polar surface area (TPSA) is 181 Å². The Morgan fingerprint density at radius 1 is 0.941 bits per heavy atom. The summed E-state index contributed by atoms with van der Waals surface area (Å²) < 4.78 is 0. The molecule has 0 saturated heterocycles. The summed E-state index contributed by atoms with van der Waals surface area (Å²) in [5.41, 5.74) is 9.57. The number of primary amides is 1. The van der Waals surface area contributed by atoms with Gasteiger partial charge >= 0.3 is 17.9 Å². The lowest BCUT2D eigenvalue weighted by Gasteiger charge is -1.99. The summed E-state index contributed by atoms with van der Waals surface area (Å²) >= 11 is 0. The average Bonchev–Trinajstić information content (AvgIpc) is 2.14. The fraction of sp³-hybridized carbons (Fsp3) is 0.500. The molecule has 0 aliphatic rings. The van der Waals surface area contributed by atoms with Gasteiger partial charge in [-0.05, 0) is 0 Å². The Morgan fingerprint density at radius 3 is 1.41 bits per heavy atom. The molecule has 0 aromatic carbocycles. The number of nitrogens with two attached hydrogens (primary N) is 2. The smallest absolute Gasteiger partial charge is 0.321 e. The molecule has 17 heavy (non-hydrogen) atoms. The van der Waals surface area contributed by atoms with E-state index in [1.54, 1.807) is 0 Å². The first-order chi connectivity index (χ1) is 7.66. The largest absolute Gasteiger partial charge is 0.481 e. The third-order valence-corrected chi connectivity index (χ3v) is 1.29. The lowest BCUT2D eigenvalue weighted by atomic mass is 10.2. The third kappa shape index (κ3) is 16.5.